The molecule has 2 aliphatic rings. The summed E-state index contributed by atoms with van der Waals surface area (Å²) in [5, 5.41) is 10.5. The molecule has 3 atom stereocenters. The number of anilines is 1. The van der Waals surface area contributed by atoms with Crippen molar-refractivity contribution in [1.29, 1.82) is 0 Å². The summed E-state index contributed by atoms with van der Waals surface area (Å²) in [7, 11) is 0. The van der Waals surface area contributed by atoms with Crippen molar-refractivity contribution in [2.24, 2.45) is 5.92 Å². The number of carbonyl (C=O) groups is 3. The number of rotatable bonds is 6. The molecular formula is C24H18FN3O7S2. The number of amides is 2. The molecule has 3 aromatic rings. The highest BCUT2D eigenvalue weighted by atomic mass is 32.2. The highest BCUT2D eigenvalue weighted by Crippen LogP contribution is 2.53. The largest absolute Gasteiger partial charge is 0.465 e. The molecular weight excluding hydrogens is 525 g/mol. The Morgan fingerprint density at radius 3 is 2.38 bits per heavy atom. The van der Waals surface area contributed by atoms with E-state index in [1.165, 1.54) is 53.1 Å². The molecule has 0 aliphatic carbocycles. The van der Waals surface area contributed by atoms with Crippen LogP contribution in [0, 0.1) is 21.8 Å². The number of hydrogen-bond donors (Lipinski definition) is 0. The molecule has 190 valence electrons. The molecule has 3 heterocycles. The summed E-state index contributed by atoms with van der Waals surface area (Å²) in [4.78, 5) is 63.9. The predicted molar refractivity (Wildman–Crippen MR) is 132 cm³/mol. The number of carbonyl (C=O) groups excluding carboxylic acids is 3. The van der Waals surface area contributed by atoms with Crippen LogP contribution in [-0.2, 0) is 25.7 Å². The monoisotopic (exact) mass is 543 g/mol. The van der Waals surface area contributed by atoms with Crippen molar-refractivity contribution in [3.05, 3.63) is 84.6 Å². The number of nitro benzene ring substituents is 1. The van der Waals surface area contributed by atoms with Crippen LogP contribution in [0.3, 0.4) is 0 Å². The Morgan fingerprint density at radius 2 is 1.76 bits per heavy atom. The molecule has 1 saturated heterocycles. The number of non-ortho nitro benzene ring substituents is 1. The molecule has 2 aromatic carbocycles. The molecule has 1 aromatic heterocycles. The van der Waals surface area contributed by atoms with E-state index < -0.39 is 50.5 Å². The zero-order chi connectivity index (χ0) is 26.4. The first-order valence-electron chi connectivity index (χ1n) is 11.1. The number of benzene rings is 2. The van der Waals surface area contributed by atoms with E-state index in [9.17, 15) is 33.7 Å². The lowest BCUT2D eigenvalue weighted by atomic mass is 9.83. The molecule has 13 heteroatoms. The van der Waals surface area contributed by atoms with E-state index in [4.69, 9.17) is 4.74 Å². The van der Waals surface area contributed by atoms with Crippen LogP contribution in [-0.4, -0.2) is 39.1 Å². The van der Waals surface area contributed by atoms with Gasteiger partial charge in [0.2, 0.25) is 11.8 Å². The van der Waals surface area contributed by atoms with Crippen LogP contribution >= 0.6 is 23.1 Å². The number of imide groups is 1. The predicted octanol–water partition coefficient (Wildman–Crippen LogP) is 3.32. The van der Waals surface area contributed by atoms with Crippen molar-refractivity contribution in [3.63, 3.8) is 0 Å². The number of aromatic nitrogens is 1. The minimum absolute atomic E-state index is 0.132. The molecule has 0 radical (unpaired) electrons. The van der Waals surface area contributed by atoms with E-state index >= 15 is 0 Å². The van der Waals surface area contributed by atoms with E-state index in [-0.39, 0.29) is 24.5 Å². The van der Waals surface area contributed by atoms with Crippen LogP contribution in [0.25, 0.3) is 0 Å². The zero-order valence-corrected chi connectivity index (χ0v) is 20.8. The summed E-state index contributed by atoms with van der Waals surface area (Å²) in [6.45, 7) is 1.42. The van der Waals surface area contributed by atoms with Crippen molar-refractivity contribution >= 4 is 52.3 Å². The van der Waals surface area contributed by atoms with Gasteiger partial charge in [0.05, 0.1) is 28.2 Å². The molecule has 37 heavy (non-hydrogen) atoms. The summed E-state index contributed by atoms with van der Waals surface area (Å²) < 4.78 is 20.0. The van der Waals surface area contributed by atoms with Crippen molar-refractivity contribution in [2.45, 2.75) is 29.7 Å². The standard InChI is InChI=1S/C24H18FN3O7S2/c1-2-35-16(29)11-26-23-20(37-24(26)32)17(12-3-5-13(25)6-4-12)18-19(36-23)22(31)27(21(18)30)14-7-9-15(10-8-14)28(33)34/h3-10,17-19H,2,11H2,1H3. The number of ether oxygens (including phenoxy) is 1. The van der Waals surface area contributed by atoms with Gasteiger partial charge in [-0.2, -0.15) is 0 Å². The quantitative estimate of drug-likeness (QED) is 0.200. The van der Waals surface area contributed by atoms with Crippen LogP contribution in [0.15, 0.2) is 58.4 Å². The molecule has 3 unspecified atom stereocenters. The lowest BCUT2D eigenvalue weighted by Gasteiger charge is -2.30. The minimum Gasteiger partial charge on any atom is -0.465 e. The topological polar surface area (TPSA) is 129 Å². The molecule has 0 bridgehead atoms. The normalized spacial score (nSPS) is 20.5. The van der Waals surface area contributed by atoms with Crippen LogP contribution in [0.5, 0.6) is 0 Å². The van der Waals surface area contributed by atoms with Crippen LogP contribution in [0.2, 0.25) is 0 Å². The molecule has 5 rings (SSSR count). The lowest BCUT2D eigenvalue weighted by molar-refractivity contribution is -0.384. The number of thioether (sulfide) groups is 1. The zero-order valence-electron chi connectivity index (χ0n) is 19.2. The first-order valence-corrected chi connectivity index (χ1v) is 12.8. The summed E-state index contributed by atoms with van der Waals surface area (Å²) in [5.41, 5.74) is 0.527. The number of hydrogen-bond acceptors (Lipinski definition) is 9. The van der Waals surface area contributed by atoms with Gasteiger partial charge in [-0.05, 0) is 36.8 Å². The first-order chi connectivity index (χ1) is 17.7. The first kappa shape index (κ1) is 24.8. The minimum atomic E-state index is -0.937. The van der Waals surface area contributed by atoms with Crippen molar-refractivity contribution in [1.82, 2.24) is 4.57 Å². The summed E-state index contributed by atoms with van der Waals surface area (Å²) in [6, 6.07) is 10.5. The second kappa shape index (κ2) is 9.56. The summed E-state index contributed by atoms with van der Waals surface area (Å²) in [6.07, 6.45) is 0. The van der Waals surface area contributed by atoms with Gasteiger partial charge < -0.3 is 4.74 Å². The van der Waals surface area contributed by atoms with Gasteiger partial charge in [0.25, 0.3) is 5.69 Å². The third-order valence-electron chi connectivity index (χ3n) is 6.19. The molecule has 10 nitrogen and oxygen atoms in total. The molecule has 0 N–H and O–H groups in total. The van der Waals surface area contributed by atoms with E-state index in [1.54, 1.807) is 6.92 Å². The Kier molecular flexibility index (Phi) is 6.42. The van der Waals surface area contributed by atoms with Gasteiger partial charge in [0.15, 0.2) is 0 Å². The maximum absolute atomic E-state index is 13.7. The Labute approximate surface area is 216 Å². The third-order valence-corrected chi connectivity index (χ3v) is 8.79. The Bertz CT molecular complexity index is 1480. The van der Waals surface area contributed by atoms with Gasteiger partial charge in [0.1, 0.15) is 17.6 Å². The van der Waals surface area contributed by atoms with Gasteiger partial charge in [-0.3, -0.25) is 33.9 Å². The molecule has 0 spiro atoms. The number of halogens is 1. The Morgan fingerprint density at radius 1 is 1.08 bits per heavy atom. The van der Waals surface area contributed by atoms with Crippen LogP contribution in [0.4, 0.5) is 15.8 Å². The van der Waals surface area contributed by atoms with Crippen molar-refractivity contribution in [3.8, 4) is 0 Å². The molecule has 0 saturated carbocycles. The van der Waals surface area contributed by atoms with Gasteiger partial charge in [-0.1, -0.05) is 35.2 Å². The fraction of sp³-hybridized carbons (Fsp3) is 0.250. The maximum atomic E-state index is 13.7. The number of nitrogens with zero attached hydrogens (tertiary/aromatic N) is 3. The smallest absolute Gasteiger partial charge is 0.326 e. The number of nitro groups is 1. The van der Waals surface area contributed by atoms with E-state index in [1.807, 2.05) is 0 Å². The lowest BCUT2D eigenvalue weighted by Crippen LogP contribution is -2.32. The highest BCUT2D eigenvalue weighted by molar-refractivity contribution is 8.00. The summed E-state index contributed by atoms with van der Waals surface area (Å²) >= 11 is 1.89. The average Bonchev–Trinajstić information content (AvgIpc) is 3.31. The van der Waals surface area contributed by atoms with Crippen molar-refractivity contribution in [2.75, 3.05) is 11.5 Å². The van der Waals surface area contributed by atoms with Gasteiger partial charge in [-0.15, -0.1) is 0 Å². The van der Waals surface area contributed by atoms with Gasteiger partial charge in [-0.25, -0.2) is 9.29 Å². The SMILES string of the molecule is CCOC(=O)Cn1c2c(sc1=O)C(c1ccc(F)cc1)C1C(=O)N(c3ccc([N+](=O)[O-])cc3)C(=O)C1S2. The summed E-state index contributed by atoms with van der Waals surface area (Å²) in [5.74, 6) is -3.85. The maximum Gasteiger partial charge on any atom is 0.326 e. The molecule has 1 fully saturated rings. The highest BCUT2D eigenvalue weighted by Gasteiger charge is 2.56. The fourth-order valence-corrected chi connectivity index (χ4v) is 7.37. The van der Waals surface area contributed by atoms with Gasteiger partial charge in [0, 0.05) is 22.9 Å². The number of esters is 1. The number of fused-ring (bicyclic) bond motifs is 2. The second-order valence-electron chi connectivity index (χ2n) is 8.31. The van der Waals surface area contributed by atoms with E-state index in [0.717, 1.165) is 28.0 Å². The second-order valence-corrected chi connectivity index (χ2v) is 10.4. The molecule has 2 aliphatic heterocycles. The fourth-order valence-electron chi connectivity index (χ4n) is 4.60. The van der Waals surface area contributed by atoms with Crippen molar-refractivity contribution < 1.29 is 28.4 Å². The number of thiazole rings is 1. The van der Waals surface area contributed by atoms with Gasteiger partial charge >= 0.3 is 10.8 Å². The molecule has 2 amide bonds. The van der Waals surface area contributed by atoms with E-state index in [2.05, 4.69) is 0 Å². The van der Waals surface area contributed by atoms with Crippen LogP contribution in [0.1, 0.15) is 23.3 Å². The van der Waals surface area contributed by atoms with E-state index in [0.29, 0.717) is 15.5 Å². The Hall–Kier alpha value is -3.84. The van der Waals surface area contributed by atoms with Crippen LogP contribution < -0.4 is 9.77 Å². The third kappa shape index (κ3) is 4.23. The Balaban J connectivity index is 1.61. The average molecular weight is 544 g/mol.